The summed E-state index contributed by atoms with van der Waals surface area (Å²) in [5.41, 5.74) is -0.633. The van der Waals surface area contributed by atoms with Crippen LogP contribution in [-0.4, -0.2) is 22.5 Å². The summed E-state index contributed by atoms with van der Waals surface area (Å²) in [7, 11) is 0. The third-order valence-corrected chi connectivity index (χ3v) is 5.71. The van der Waals surface area contributed by atoms with Crippen LogP contribution in [0.2, 0.25) is 0 Å². The topological polar surface area (TPSA) is 66.4 Å². The standard InChI is InChI=1S/C12H13Br2NO3S/c13-8-6-7(9(14)19-8)10(16)15-12(11(17)18)4-2-1-3-5-12/h6H,1-5H2,(H,15,16)(H,17,18). The first-order valence-corrected chi connectivity index (χ1v) is 8.36. The van der Waals surface area contributed by atoms with E-state index >= 15 is 0 Å². The van der Waals surface area contributed by atoms with Crippen LogP contribution < -0.4 is 5.32 Å². The molecule has 0 unspecified atom stereocenters. The first kappa shape index (κ1) is 15.0. The maximum atomic E-state index is 12.2. The number of carboxylic acid groups (broad SMARTS) is 1. The summed E-state index contributed by atoms with van der Waals surface area (Å²) in [4.78, 5) is 23.7. The van der Waals surface area contributed by atoms with E-state index in [-0.39, 0.29) is 5.91 Å². The third-order valence-electron chi connectivity index (χ3n) is 3.37. The number of hydrogen-bond acceptors (Lipinski definition) is 3. The SMILES string of the molecule is O=C(NC1(C(=O)O)CCCCC1)c1cc(Br)sc1Br. The van der Waals surface area contributed by atoms with Crippen molar-refractivity contribution in [2.75, 3.05) is 0 Å². The highest BCUT2D eigenvalue weighted by Crippen LogP contribution is 2.33. The van der Waals surface area contributed by atoms with Crippen molar-refractivity contribution in [2.45, 2.75) is 37.6 Å². The second-order valence-corrected chi connectivity index (χ2v) is 8.39. The molecule has 1 aliphatic carbocycles. The first-order valence-electron chi connectivity index (χ1n) is 5.95. The van der Waals surface area contributed by atoms with Gasteiger partial charge in [-0.25, -0.2) is 4.79 Å². The molecule has 0 aliphatic heterocycles. The number of aliphatic carboxylic acids is 1. The molecule has 0 atom stereocenters. The molecule has 0 bridgehead atoms. The highest BCUT2D eigenvalue weighted by atomic mass is 79.9. The van der Waals surface area contributed by atoms with Crippen LogP contribution in [-0.2, 0) is 4.79 Å². The summed E-state index contributed by atoms with van der Waals surface area (Å²) in [6.07, 6.45) is 3.69. The molecule has 104 valence electrons. The number of amides is 1. The summed E-state index contributed by atoms with van der Waals surface area (Å²) in [6, 6.07) is 1.70. The lowest BCUT2D eigenvalue weighted by molar-refractivity contribution is -0.145. The lowest BCUT2D eigenvalue weighted by Gasteiger charge is -2.33. The number of halogens is 2. The summed E-state index contributed by atoms with van der Waals surface area (Å²) >= 11 is 8.02. The van der Waals surface area contributed by atoms with Gasteiger partial charge in [0.05, 0.1) is 13.1 Å². The number of carbonyl (C=O) groups excluding carboxylic acids is 1. The molecule has 0 aromatic carbocycles. The number of carbonyl (C=O) groups is 2. The first-order chi connectivity index (χ1) is 8.94. The second-order valence-electron chi connectivity index (χ2n) is 4.64. The van der Waals surface area contributed by atoms with Gasteiger partial charge in [0.15, 0.2) is 0 Å². The van der Waals surface area contributed by atoms with Crippen molar-refractivity contribution in [1.82, 2.24) is 5.32 Å². The molecule has 1 aromatic heterocycles. The molecular weight excluding hydrogens is 398 g/mol. The van der Waals surface area contributed by atoms with Crippen LogP contribution in [0.4, 0.5) is 0 Å². The van der Waals surface area contributed by atoms with Gasteiger partial charge in [0, 0.05) is 0 Å². The molecule has 2 rings (SSSR count). The van der Waals surface area contributed by atoms with Gasteiger partial charge in [-0.05, 0) is 50.8 Å². The van der Waals surface area contributed by atoms with Crippen LogP contribution >= 0.6 is 43.2 Å². The zero-order valence-electron chi connectivity index (χ0n) is 10.0. The third kappa shape index (κ3) is 3.20. The van der Waals surface area contributed by atoms with E-state index in [1.807, 2.05) is 0 Å². The number of carboxylic acids is 1. The van der Waals surface area contributed by atoms with Crippen LogP contribution in [0, 0.1) is 0 Å². The van der Waals surface area contributed by atoms with Crippen LogP contribution in [0.1, 0.15) is 42.5 Å². The van der Waals surface area contributed by atoms with Crippen molar-refractivity contribution in [1.29, 1.82) is 0 Å². The zero-order valence-corrected chi connectivity index (χ0v) is 14.0. The van der Waals surface area contributed by atoms with Gasteiger partial charge in [0.2, 0.25) is 0 Å². The van der Waals surface area contributed by atoms with Crippen molar-refractivity contribution in [2.24, 2.45) is 0 Å². The molecule has 4 nitrogen and oxygen atoms in total. The Morgan fingerprint density at radius 3 is 2.37 bits per heavy atom. The molecule has 1 aromatic rings. The smallest absolute Gasteiger partial charge is 0.329 e. The van der Waals surface area contributed by atoms with E-state index in [0.29, 0.717) is 22.2 Å². The van der Waals surface area contributed by atoms with Crippen LogP contribution in [0.25, 0.3) is 0 Å². The molecule has 2 N–H and O–H groups in total. The average Bonchev–Trinajstić information content (AvgIpc) is 2.69. The number of nitrogens with one attached hydrogen (secondary N) is 1. The number of thiophene rings is 1. The number of rotatable bonds is 3. The molecule has 1 amide bonds. The Hall–Kier alpha value is -0.400. The fourth-order valence-electron chi connectivity index (χ4n) is 2.33. The van der Waals surface area contributed by atoms with Gasteiger partial charge >= 0.3 is 5.97 Å². The lowest BCUT2D eigenvalue weighted by Crippen LogP contribution is -2.55. The zero-order chi connectivity index (χ0) is 14.0. The summed E-state index contributed by atoms with van der Waals surface area (Å²) < 4.78 is 1.53. The Kier molecular flexibility index (Phi) is 4.68. The second kappa shape index (κ2) is 5.93. The Balaban J connectivity index is 2.20. The van der Waals surface area contributed by atoms with E-state index in [0.717, 1.165) is 23.0 Å². The van der Waals surface area contributed by atoms with Gasteiger partial charge < -0.3 is 10.4 Å². The van der Waals surface area contributed by atoms with Crippen molar-refractivity contribution in [3.8, 4) is 0 Å². The Bertz CT molecular complexity index is 509. The van der Waals surface area contributed by atoms with Gasteiger partial charge in [0.25, 0.3) is 5.91 Å². The van der Waals surface area contributed by atoms with Crippen LogP contribution in [0.5, 0.6) is 0 Å². The fourth-order valence-corrected chi connectivity index (χ4v) is 5.12. The molecule has 1 aliphatic rings. The monoisotopic (exact) mass is 409 g/mol. The Labute approximate surface area is 131 Å². The van der Waals surface area contributed by atoms with Gasteiger partial charge in [-0.3, -0.25) is 4.79 Å². The molecule has 1 fully saturated rings. The fraction of sp³-hybridized carbons (Fsp3) is 0.500. The van der Waals surface area contributed by atoms with Gasteiger partial charge in [-0.1, -0.05) is 19.3 Å². The Morgan fingerprint density at radius 1 is 1.26 bits per heavy atom. The molecule has 1 saturated carbocycles. The summed E-state index contributed by atoms with van der Waals surface area (Å²) in [5, 5.41) is 12.1. The molecule has 7 heteroatoms. The summed E-state index contributed by atoms with van der Waals surface area (Å²) in [5.74, 6) is -1.27. The normalized spacial score (nSPS) is 18.0. The Morgan fingerprint density at radius 2 is 1.89 bits per heavy atom. The van der Waals surface area contributed by atoms with E-state index in [2.05, 4.69) is 37.2 Å². The minimum absolute atomic E-state index is 0.335. The average molecular weight is 411 g/mol. The summed E-state index contributed by atoms with van der Waals surface area (Å²) in [6.45, 7) is 0. The minimum atomic E-state index is -1.11. The van der Waals surface area contributed by atoms with Crippen molar-refractivity contribution < 1.29 is 14.7 Å². The van der Waals surface area contributed by atoms with Crippen molar-refractivity contribution >= 4 is 55.1 Å². The molecule has 0 radical (unpaired) electrons. The van der Waals surface area contributed by atoms with E-state index < -0.39 is 11.5 Å². The lowest BCUT2D eigenvalue weighted by atomic mass is 9.81. The molecule has 0 spiro atoms. The van der Waals surface area contributed by atoms with Crippen molar-refractivity contribution in [3.05, 3.63) is 19.2 Å². The van der Waals surface area contributed by atoms with Gasteiger partial charge in [-0.2, -0.15) is 0 Å². The van der Waals surface area contributed by atoms with Gasteiger partial charge in [-0.15, -0.1) is 11.3 Å². The number of hydrogen-bond donors (Lipinski definition) is 2. The molecule has 19 heavy (non-hydrogen) atoms. The van der Waals surface area contributed by atoms with E-state index in [1.54, 1.807) is 6.07 Å². The minimum Gasteiger partial charge on any atom is -0.480 e. The quantitative estimate of drug-likeness (QED) is 0.796. The highest BCUT2D eigenvalue weighted by Gasteiger charge is 2.41. The predicted octanol–water partition coefficient (Wildman–Crippen LogP) is 3.79. The largest absolute Gasteiger partial charge is 0.480 e. The van der Waals surface area contributed by atoms with Crippen molar-refractivity contribution in [3.63, 3.8) is 0 Å². The molecular formula is C12H13Br2NO3S. The van der Waals surface area contributed by atoms with E-state index in [9.17, 15) is 14.7 Å². The maximum Gasteiger partial charge on any atom is 0.329 e. The predicted molar refractivity (Wildman–Crippen MR) is 80.6 cm³/mol. The van der Waals surface area contributed by atoms with Crippen LogP contribution in [0.3, 0.4) is 0 Å². The van der Waals surface area contributed by atoms with Gasteiger partial charge in [0.1, 0.15) is 5.54 Å². The van der Waals surface area contributed by atoms with Crippen LogP contribution in [0.15, 0.2) is 13.6 Å². The van der Waals surface area contributed by atoms with E-state index in [1.165, 1.54) is 11.3 Å². The molecule has 0 saturated heterocycles. The molecule has 1 heterocycles. The van der Waals surface area contributed by atoms with E-state index in [4.69, 9.17) is 0 Å². The highest BCUT2D eigenvalue weighted by molar-refractivity contribution is 9.12. The maximum absolute atomic E-state index is 12.2.